The number of hydrogen-bond acceptors (Lipinski definition) is 7. The van der Waals surface area contributed by atoms with E-state index in [4.69, 9.17) is 19.4 Å². The number of allylic oxidation sites excluding steroid dienone is 1. The van der Waals surface area contributed by atoms with Crippen LogP contribution in [0.3, 0.4) is 0 Å². The van der Waals surface area contributed by atoms with Crippen LogP contribution in [0, 0.1) is 0 Å². The minimum atomic E-state index is -0.918. The van der Waals surface area contributed by atoms with Crippen molar-refractivity contribution in [3.05, 3.63) is 103 Å². The third-order valence-electron chi connectivity index (χ3n) is 5.19. The summed E-state index contributed by atoms with van der Waals surface area (Å²) < 4.78 is 17.9. The molecule has 37 heavy (non-hydrogen) atoms. The summed E-state index contributed by atoms with van der Waals surface area (Å²) in [6.07, 6.45) is 1.22. The number of hydroxylamine groups is 1. The number of rotatable bonds is 13. The number of carbonyl (C=O) groups is 2. The maximum atomic E-state index is 13.0. The van der Waals surface area contributed by atoms with Gasteiger partial charge in [-0.05, 0) is 43.2 Å². The molecule has 3 rings (SSSR count). The van der Waals surface area contributed by atoms with Crippen LogP contribution in [0.1, 0.15) is 24.5 Å². The lowest BCUT2D eigenvalue weighted by Crippen LogP contribution is -2.31. The zero-order chi connectivity index (χ0) is 26.3. The van der Waals surface area contributed by atoms with Gasteiger partial charge in [-0.2, -0.15) is 0 Å². The zero-order valence-electron chi connectivity index (χ0n) is 20.2. The molecular formula is C28H30N2O7. The Morgan fingerprint density at radius 3 is 2.30 bits per heavy atom. The van der Waals surface area contributed by atoms with Gasteiger partial charge in [0.25, 0.3) is 5.91 Å². The Morgan fingerprint density at radius 1 is 0.919 bits per heavy atom. The number of nitrogens with one attached hydrogen (secondary N) is 2. The minimum Gasteiger partial charge on any atom is -0.491 e. The Balaban J connectivity index is 1.93. The van der Waals surface area contributed by atoms with Crippen LogP contribution >= 0.6 is 0 Å². The predicted octanol–water partition coefficient (Wildman–Crippen LogP) is 4.64. The van der Waals surface area contributed by atoms with Crippen LogP contribution in [0.4, 0.5) is 10.5 Å². The highest BCUT2D eigenvalue weighted by molar-refractivity contribution is 5.86. The Bertz CT molecular complexity index is 1140. The second-order valence-electron chi connectivity index (χ2n) is 7.85. The van der Waals surface area contributed by atoms with Gasteiger partial charge in [0.15, 0.2) is 6.10 Å². The van der Waals surface area contributed by atoms with Crippen molar-refractivity contribution in [2.45, 2.75) is 25.0 Å². The molecule has 0 unspecified atom stereocenters. The molecule has 194 valence electrons. The maximum absolute atomic E-state index is 13.0. The number of benzene rings is 3. The number of carbonyl (C=O) groups excluding carboxylic acids is 2. The van der Waals surface area contributed by atoms with Crippen molar-refractivity contribution in [1.82, 2.24) is 5.48 Å². The fourth-order valence-electron chi connectivity index (χ4n) is 3.56. The summed E-state index contributed by atoms with van der Waals surface area (Å²) in [7, 11) is 0. The lowest BCUT2D eigenvalue weighted by Gasteiger charge is -2.29. The van der Waals surface area contributed by atoms with E-state index in [0.29, 0.717) is 35.6 Å². The van der Waals surface area contributed by atoms with Crippen LogP contribution in [-0.2, 0) is 9.53 Å². The van der Waals surface area contributed by atoms with E-state index in [0.717, 1.165) is 0 Å². The van der Waals surface area contributed by atoms with Crippen molar-refractivity contribution in [2.24, 2.45) is 0 Å². The van der Waals surface area contributed by atoms with E-state index in [9.17, 15) is 14.7 Å². The van der Waals surface area contributed by atoms with Crippen LogP contribution in [-0.4, -0.2) is 41.6 Å². The lowest BCUT2D eigenvalue weighted by molar-refractivity contribution is -0.124. The molecule has 0 bridgehead atoms. The molecule has 0 aromatic heterocycles. The number of aliphatic hydroxyl groups is 1. The van der Waals surface area contributed by atoms with Crippen LogP contribution in [0.5, 0.6) is 11.5 Å². The zero-order valence-corrected chi connectivity index (χ0v) is 20.2. The third-order valence-corrected chi connectivity index (χ3v) is 5.19. The smallest absolute Gasteiger partial charge is 0.412 e. The third kappa shape index (κ3) is 8.99. The molecule has 3 aromatic rings. The molecule has 9 nitrogen and oxygen atoms in total. The molecular weight excluding hydrogens is 476 g/mol. The Labute approximate surface area is 215 Å². The first kappa shape index (κ1) is 27.3. The van der Waals surface area contributed by atoms with Gasteiger partial charge in [-0.15, -0.1) is 0 Å². The Kier molecular flexibility index (Phi) is 11.0. The highest BCUT2D eigenvalue weighted by Crippen LogP contribution is 2.34. The molecule has 9 heteroatoms. The number of anilines is 1. The number of amides is 2. The van der Waals surface area contributed by atoms with Crippen LogP contribution in [0.25, 0.3) is 0 Å². The number of para-hydroxylation sites is 3. The van der Waals surface area contributed by atoms with Gasteiger partial charge >= 0.3 is 6.09 Å². The molecule has 0 aliphatic heterocycles. The fourth-order valence-corrected chi connectivity index (χ4v) is 3.56. The molecule has 0 aliphatic carbocycles. The maximum Gasteiger partial charge on any atom is 0.412 e. The summed E-state index contributed by atoms with van der Waals surface area (Å²) in [5.74, 6) is 0.347. The standard InChI is InChI=1S/C28H30N2O7/c31-19-20-35-24-16-8-7-15-23(24)27(37-28(33)29-21-11-3-1-4-12-21)25(17-9-10-18-26(32)30-34)36-22-13-5-2-6-14-22/h1-8,10-16,18,25,27,31,34H,9,17,19-20H2,(H,29,33)(H,30,32)/b18-10+/t25-,27-/m1/s1. The highest BCUT2D eigenvalue weighted by Gasteiger charge is 2.31. The average molecular weight is 507 g/mol. The van der Waals surface area contributed by atoms with Crippen LogP contribution in [0.15, 0.2) is 97.1 Å². The van der Waals surface area contributed by atoms with Gasteiger partial charge in [-0.1, -0.05) is 60.7 Å². The number of hydrogen-bond donors (Lipinski definition) is 4. The van der Waals surface area contributed by atoms with Gasteiger partial charge in [0.2, 0.25) is 0 Å². The van der Waals surface area contributed by atoms with Gasteiger partial charge in [0, 0.05) is 17.3 Å². The van der Waals surface area contributed by atoms with E-state index in [1.54, 1.807) is 72.2 Å². The van der Waals surface area contributed by atoms with Gasteiger partial charge in [-0.25, -0.2) is 10.3 Å². The first-order chi connectivity index (χ1) is 18.1. The first-order valence-corrected chi connectivity index (χ1v) is 11.8. The van der Waals surface area contributed by atoms with E-state index in [-0.39, 0.29) is 13.2 Å². The molecule has 0 spiro atoms. The van der Waals surface area contributed by atoms with Gasteiger partial charge in [-0.3, -0.25) is 15.3 Å². The quantitative estimate of drug-likeness (QED) is 0.151. The number of aliphatic hydroxyl groups excluding tert-OH is 1. The number of ether oxygens (including phenoxy) is 3. The second kappa shape index (κ2) is 14.9. The van der Waals surface area contributed by atoms with Crippen molar-refractivity contribution in [3.8, 4) is 11.5 Å². The SMILES string of the molecule is O=C(/C=C/CC[C@@H](Oc1ccccc1)[C@H](OC(=O)Nc1ccccc1)c1ccccc1OCCO)NO. The van der Waals surface area contributed by atoms with E-state index in [1.807, 2.05) is 24.3 Å². The lowest BCUT2D eigenvalue weighted by atomic mass is 9.99. The van der Waals surface area contributed by atoms with Crippen molar-refractivity contribution in [3.63, 3.8) is 0 Å². The minimum absolute atomic E-state index is 0.0587. The van der Waals surface area contributed by atoms with E-state index in [1.165, 1.54) is 6.08 Å². The van der Waals surface area contributed by atoms with E-state index >= 15 is 0 Å². The monoisotopic (exact) mass is 506 g/mol. The molecule has 0 saturated carbocycles. The summed E-state index contributed by atoms with van der Waals surface area (Å²) in [5.41, 5.74) is 2.66. The Hall–Kier alpha value is -4.34. The van der Waals surface area contributed by atoms with E-state index < -0.39 is 24.2 Å². The molecule has 2 amide bonds. The van der Waals surface area contributed by atoms with E-state index in [2.05, 4.69) is 5.32 Å². The normalized spacial score (nSPS) is 12.4. The summed E-state index contributed by atoms with van der Waals surface area (Å²) in [6.45, 7) is -0.126. The average Bonchev–Trinajstić information content (AvgIpc) is 2.93. The van der Waals surface area contributed by atoms with Crippen molar-refractivity contribution >= 4 is 17.7 Å². The molecule has 0 heterocycles. The second-order valence-corrected chi connectivity index (χ2v) is 7.85. The van der Waals surface area contributed by atoms with Crippen molar-refractivity contribution in [1.29, 1.82) is 0 Å². The largest absolute Gasteiger partial charge is 0.491 e. The topological polar surface area (TPSA) is 126 Å². The molecule has 4 N–H and O–H groups in total. The fraction of sp³-hybridized carbons (Fsp3) is 0.214. The molecule has 0 aliphatic rings. The summed E-state index contributed by atoms with van der Waals surface area (Å²) in [4.78, 5) is 24.3. The highest BCUT2D eigenvalue weighted by atomic mass is 16.6. The van der Waals surface area contributed by atoms with Crippen LogP contribution in [0.2, 0.25) is 0 Å². The molecule has 2 atom stereocenters. The van der Waals surface area contributed by atoms with Crippen molar-refractivity contribution in [2.75, 3.05) is 18.5 Å². The first-order valence-electron chi connectivity index (χ1n) is 11.8. The van der Waals surface area contributed by atoms with Gasteiger partial charge in [0.05, 0.1) is 6.61 Å². The predicted molar refractivity (Wildman–Crippen MR) is 137 cm³/mol. The Morgan fingerprint density at radius 2 is 1.59 bits per heavy atom. The molecule has 0 saturated heterocycles. The van der Waals surface area contributed by atoms with Crippen LogP contribution < -0.4 is 20.3 Å². The van der Waals surface area contributed by atoms with Gasteiger partial charge < -0.3 is 19.3 Å². The molecule has 0 radical (unpaired) electrons. The summed E-state index contributed by atoms with van der Waals surface area (Å²) >= 11 is 0. The summed E-state index contributed by atoms with van der Waals surface area (Å²) in [6, 6.07) is 25.1. The molecule has 3 aromatic carbocycles. The molecule has 0 fully saturated rings. The van der Waals surface area contributed by atoms with Gasteiger partial charge in [0.1, 0.15) is 24.2 Å². The summed E-state index contributed by atoms with van der Waals surface area (Å²) in [5, 5.41) is 20.7. The van der Waals surface area contributed by atoms with Crippen molar-refractivity contribution < 1.29 is 34.1 Å².